The summed E-state index contributed by atoms with van der Waals surface area (Å²) in [5.74, 6) is -6.19. The van der Waals surface area contributed by atoms with Crippen molar-refractivity contribution in [1.29, 1.82) is 0 Å². The number of hydrogen-bond donors (Lipinski definition) is 5. The van der Waals surface area contributed by atoms with Crippen LogP contribution in [0, 0.1) is 17.8 Å². The monoisotopic (exact) mass is 708 g/mol. The fourth-order valence-corrected chi connectivity index (χ4v) is 6.15. The summed E-state index contributed by atoms with van der Waals surface area (Å²) in [5.41, 5.74) is 3.01. The SMILES string of the molecule is CC(C)CC(C(=O)NC(Cc1ccc(OCCCS(=O)(=O)O)cc1)C(=O)Nc1ccccc1)C(CN1C(=O)c2ccccc2C1=O)C(=O)NO. The molecule has 0 aliphatic carbocycles. The van der Waals surface area contributed by atoms with Crippen molar-refractivity contribution < 1.29 is 46.9 Å². The zero-order valence-corrected chi connectivity index (χ0v) is 28.4. The van der Waals surface area contributed by atoms with E-state index in [-0.39, 0.29) is 42.9 Å². The van der Waals surface area contributed by atoms with Crippen molar-refractivity contribution in [1.82, 2.24) is 15.7 Å². The standard InChI is InChI=1S/C35H40N4O10S/c1-22(2)19-28(29(32(41)38-45)21-39-34(43)26-11-6-7-12-27(26)35(39)44)31(40)37-30(33(42)36-24-9-4-3-5-10-24)20-23-13-15-25(16-14-23)49-17-8-18-50(46,47)48/h3-7,9-16,22,28-30,45H,8,17-21H2,1-2H3,(H,36,42)(H,37,40)(H,38,41)(H,46,47,48). The lowest BCUT2D eigenvalue weighted by atomic mass is 9.83. The summed E-state index contributed by atoms with van der Waals surface area (Å²) in [4.78, 5) is 68.1. The summed E-state index contributed by atoms with van der Waals surface area (Å²) >= 11 is 0. The third-order valence-electron chi connectivity index (χ3n) is 8.11. The van der Waals surface area contributed by atoms with Crippen molar-refractivity contribution in [3.05, 3.63) is 95.6 Å². The second kappa shape index (κ2) is 17.0. The predicted molar refractivity (Wildman–Crippen MR) is 182 cm³/mol. The van der Waals surface area contributed by atoms with Crippen LogP contribution in [0.3, 0.4) is 0 Å². The average Bonchev–Trinajstić information content (AvgIpc) is 3.32. The van der Waals surface area contributed by atoms with E-state index in [9.17, 15) is 37.6 Å². The Morgan fingerprint density at radius 1 is 0.820 bits per heavy atom. The average molecular weight is 709 g/mol. The van der Waals surface area contributed by atoms with Gasteiger partial charge in [0.2, 0.25) is 17.7 Å². The van der Waals surface area contributed by atoms with Gasteiger partial charge in [-0.25, -0.2) is 5.48 Å². The molecule has 1 aliphatic heterocycles. The maximum Gasteiger partial charge on any atom is 0.264 e. The van der Waals surface area contributed by atoms with Crippen LogP contribution in [0.2, 0.25) is 0 Å². The first-order valence-electron chi connectivity index (χ1n) is 16.0. The Morgan fingerprint density at radius 3 is 1.98 bits per heavy atom. The van der Waals surface area contributed by atoms with Gasteiger partial charge in [0.15, 0.2) is 0 Å². The number of amides is 5. The van der Waals surface area contributed by atoms with Gasteiger partial charge < -0.3 is 15.4 Å². The molecule has 3 atom stereocenters. The highest BCUT2D eigenvalue weighted by Crippen LogP contribution is 2.28. The van der Waals surface area contributed by atoms with Crippen LogP contribution in [-0.2, 0) is 30.9 Å². The van der Waals surface area contributed by atoms with Gasteiger partial charge in [0, 0.05) is 18.7 Å². The highest BCUT2D eigenvalue weighted by molar-refractivity contribution is 7.85. The number of rotatable bonds is 17. The van der Waals surface area contributed by atoms with Gasteiger partial charge in [0.25, 0.3) is 21.9 Å². The Hall–Kier alpha value is -5.12. The number of imide groups is 1. The number of carbonyl (C=O) groups is 5. The highest BCUT2D eigenvalue weighted by Gasteiger charge is 2.42. The molecular formula is C35H40N4O10S. The molecule has 0 fully saturated rings. The van der Waals surface area contributed by atoms with E-state index in [0.29, 0.717) is 17.0 Å². The second-order valence-corrected chi connectivity index (χ2v) is 13.9. The number of ether oxygens (including phenoxy) is 1. The number of hydroxylamine groups is 1. The fourth-order valence-electron chi connectivity index (χ4n) is 5.67. The molecule has 15 heteroatoms. The lowest BCUT2D eigenvalue weighted by molar-refractivity contribution is -0.141. The number of anilines is 1. The quantitative estimate of drug-likeness (QED) is 0.0455. The maximum absolute atomic E-state index is 14.1. The lowest BCUT2D eigenvalue weighted by Crippen LogP contribution is -2.52. The molecule has 14 nitrogen and oxygen atoms in total. The number of carbonyl (C=O) groups excluding carboxylic acids is 5. The molecule has 0 aromatic heterocycles. The van der Waals surface area contributed by atoms with Gasteiger partial charge in [0.05, 0.1) is 35.3 Å². The van der Waals surface area contributed by atoms with Gasteiger partial charge in [-0.05, 0) is 60.7 Å². The summed E-state index contributed by atoms with van der Waals surface area (Å²) < 4.78 is 36.3. The number of hydrogen-bond acceptors (Lipinski definition) is 9. The molecule has 3 aromatic carbocycles. The minimum absolute atomic E-state index is 0.0110. The molecule has 4 rings (SSSR count). The number of para-hydroxylation sites is 1. The number of nitrogens with one attached hydrogen (secondary N) is 3. The first-order valence-corrected chi connectivity index (χ1v) is 17.6. The fraction of sp³-hybridized carbons (Fsp3) is 0.343. The van der Waals surface area contributed by atoms with Gasteiger partial charge in [-0.15, -0.1) is 0 Å². The molecule has 0 bridgehead atoms. The highest BCUT2D eigenvalue weighted by atomic mass is 32.2. The summed E-state index contributed by atoms with van der Waals surface area (Å²) in [7, 11) is -4.11. The van der Waals surface area contributed by atoms with Gasteiger partial charge >= 0.3 is 0 Å². The van der Waals surface area contributed by atoms with E-state index in [4.69, 9.17) is 9.29 Å². The Bertz CT molecular complexity index is 1760. The smallest absolute Gasteiger partial charge is 0.264 e. The maximum atomic E-state index is 14.1. The Morgan fingerprint density at radius 2 is 1.42 bits per heavy atom. The number of benzene rings is 3. The summed E-state index contributed by atoms with van der Waals surface area (Å²) in [6, 6.07) is 20.2. The summed E-state index contributed by atoms with van der Waals surface area (Å²) in [6.07, 6.45) is 0.203. The first-order chi connectivity index (χ1) is 23.8. The molecule has 3 unspecified atom stereocenters. The van der Waals surface area contributed by atoms with Crippen LogP contribution in [-0.4, -0.2) is 77.6 Å². The van der Waals surface area contributed by atoms with Crippen LogP contribution in [0.1, 0.15) is 53.0 Å². The third-order valence-corrected chi connectivity index (χ3v) is 8.91. The van der Waals surface area contributed by atoms with Crippen molar-refractivity contribution in [3.8, 4) is 5.75 Å². The number of fused-ring (bicyclic) bond motifs is 1. The molecule has 0 spiro atoms. The largest absolute Gasteiger partial charge is 0.494 e. The Kier molecular flexibility index (Phi) is 12.8. The van der Waals surface area contributed by atoms with Crippen LogP contribution in [0.15, 0.2) is 78.9 Å². The molecule has 5 amide bonds. The minimum Gasteiger partial charge on any atom is -0.494 e. The number of nitrogens with zero attached hydrogens (tertiary/aromatic N) is 1. The van der Waals surface area contributed by atoms with Gasteiger partial charge in [0.1, 0.15) is 11.8 Å². The summed E-state index contributed by atoms with van der Waals surface area (Å²) in [5, 5.41) is 15.2. The molecule has 1 aliphatic rings. The molecule has 0 saturated heterocycles. The molecule has 266 valence electrons. The van der Waals surface area contributed by atoms with E-state index in [1.165, 1.54) is 12.1 Å². The van der Waals surface area contributed by atoms with Crippen molar-refractivity contribution in [3.63, 3.8) is 0 Å². The molecule has 1 heterocycles. The second-order valence-electron chi connectivity index (χ2n) is 12.3. The minimum atomic E-state index is -4.11. The first kappa shape index (κ1) is 37.7. The zero-order chi connectivity index (χ0) is 36.4. The lowest BCUT2D eigenvalue weighted by Gasteiger charge is -2.30. The van der Waals surface area contributed by atoms with E-state index in [2.05, 4.69) is 10.6 Å². The van der Waals surface area contributed by atoms with E-state index in [1.807, 2.05) is 13.8 Å². The van der Waals surface area contributed by atoms with Crippen molar-refractivity contribution >= 4 is 45.3 Å². The van der Waals surface area contributed by atoms with Crippen LogP contribution in [0.5, 0.6) is 5.75 Å². The van der Waals surface area contributed by atoms with E-state index >= 15 is 0 Å². The topological polar surface area (TPSA) is 209 Å². The molecule has 50 heavy (non-hydrogen) atoms. The zero-order valence-electron chi connectivity index (χ0n) is 27.6. The van der Waals surface area contributed by atoms with Crippen LogP contribution < -0.4 is 20.9 Å². The van der Waals surface area contributed by atoms with Crippen LogP contribution >= 0.6 is 0 Å². The predicted octanol–water partition coefficient (Wildman–Crippen LogP) is 3.09. The normalized spacial score (nSPS) is 14.5. The Balaban J connectivity index is 1.57. The Labute approximate surface area is 289 Å². The summed E-state index contributed by atoms with van der Waals surface area (Å²) in [6.45, 7) is 3.19. The van der Waals surface area contributed by atoms with Gasteiger partial charge in [-0.2, -0.15) is 8.42 Å². The molecule has 5 N–H and O–H groups in total. The van der Waals surface area contributed by atoms with Gasteiger partial charge in [-0.1, -0.05) is 56.3 Å². The van der Waals surface area contributed by atoms with Crippen LogP contribution in [0.4, 0.5) is 5.69 Å². The van der Waals surface area contributed by atoms with Crippen molar-refractivity contribution in [2.75, 3.05) is 24.2 Å². The van der Waals surface area contributed by atoms with E-state index < -0.39 is 69.8 Å². The third kappa shape index (κ3) is 10.2. The molecular weight excluding hydrogens is 668 g/mol. The van der Waals surface area contributed by atoms with Crippen molar-refractivity contribution in [2.45, 2.75) is 39.2 Å². The van der Waals surface area contributed by atoms with Gasteiger partial charge in [-0.3, -0.25) is 38.6 Å². The van der Waals surface area contributed by atoms with E-state index in [0.717, 1.165) is 4.90 Å². The van der Waals surface area contributed by atoms with E-state index in [1.54, 1.807) is 72.2 Å². The van der Waals surface area contributed by atoms with Crippen LogP contribution in [0.25, 0.3) is 0 Å². The molecule has 0 radical (unpaired) electrons. The molecule has 3 aromatic rings. The molecule has 0 saturated carbocycles. The van der Waals surface area contributed by atoms with Crippen molar-refractivity contribution in [2.24, 2.45) is 17.8 Å².